The predicted molar refractivity (Wildman–Crippen MR) is 126 cm³/mol. The summed E-state index contributed by atoms with van der Waals surface area (Å²) in [7, 11) is 0. The SMILES string of the molecule is CC1(C)CCc2c(sc(NC(=O)OCC3c4ccccc4-c4ccccc43)c2C(=O)O)C1. The van der Waals surface area contributed by atoms with Gasteiger partial charge in [0.05, 0.1) is 5.56 Å². The molecule has 0 spiro atoms. The number of rotatable bonds is 4. The molecule has 0 fully saturated rings. The van der Waals surface area contributed by atoms with Gasteiger partial charge >= 0.3 is 12.1 Å². The number of carbonyl (C=O) groups is 2. The molecule has 164 valence electrons. The molecule has 1 amide bonds. The molecule has 0 saturated carbocycles. The van der Waals surface area contributed by atoms with Gasteiger partial charge in [-0.05, 0) is 52.5 Å². The topological polar surface area (TPSA) is 75.6 Å². The van der Waals surface area contributed by atoms with Gasteiger partial charge in [-0.2, -0.15) is 0 Å². The number of carboxylic acids is 1. The van der Waals surface area contributed by atoms with E-state index in [4.69, 9.17) is 4.74 Å². The first-order valence-electron chi connectivity index (χ1n) is 10.8. The number of hydrogen-bond acceptors (Lipinski definition) is 4. The number of hydrogen-bond donors (Lipinski definition) is 2. The molecule has 2 N–H and O–H groups in total. The monoisotopic (exact) mass is 447 g/mol. The number of thiophene rings is 1. The number of benzene rings is 2. The van der Waals surface area contributed by atoms with E-state index in [0.29, 0.717) is 11.4 Å². The number of fused-ring (bicyclic) bond motifs is 4. The Labute approximate surface area is 191 Å². The fourth-order valence-corrected chi connectivity index (χ4v) is 6.43. The van der Waals surface area contributed by atoms with Crippen LogP contribution in [0, 0.1) is 5.41 Å². The molecule has 1 aromatic heterocycles. The summed E-state index contributed by atoms with van der Waals surface area (Å²) in [5.41, 5.74) is 5.82. The van der Waals surface area contributed by atoms with Crippen molar-refractivity contribution in [2.45, 2.75) is 39.0 Å². The van der Waals surface area contributed by atoms with E-state index in [0.717, 1.165) is 34.4 Å². The van der Waals surface area contributed by atoms with E-state index in [2.05, 4.69) is 43.4 Å². The largest absolute Gasteiger partial charge is 0.478 e. The van der Waals surface area contributed by atoms with Gasteiger partial charge in [0.15, 0.2) is 0 Å². The molecule has 2 aliphatic rings. The quantitative estimate of drug-likeness (QED) is 0.491. The third-order valence-corrected chi connectivity index (χ3v) is 7.70. The van der Waals surface area contributed by atoms with E-state index in [1.54, 1.807) is 0 Å². The smallest absolute Gasteiger partial charge is 0.412 e. The van der Waals surface area contributed by atoms with Crippen LogP contribution in [-0.2, 0) is 17.6 Å². The molecule has 0 aliphatic heterocycles. The minimum absolute atomic E-state index is 0.0376. The van der Waals surface area contributed by atoms with Crippen molar-refractivity contribution in [1.82, 2.24) is 0 Å². The molecule has 0 unspecified atom stereocenters. The predicted octanol–water partition coefficient (Wildman–Crippen LogP) is 6.32. The Morgan fingerprint density at radius 1 is 1.09 bits per heavy atom. The Morgan fingerprint density at radius 3 is 2.34 bits per heavy atom. The maximum atomic E-state index is 12.7. The zero-order valence-corrected chi connectivity index (χ0v) is 18.9. The molecule has 6 heteroatoms. The van der Waals surface area contributed by atoms with Gasteiger partial charge in [0.25, 0.3) is 0 Å². The Hall–Kier alpha value is -3.12. The Balaban J connectivity index is 1.35. The summed E-state index contributed by atoms with van der Waals surface area (Å²) in [4.78, 5) is 25.7. The van der Waals surface area contributed by atoms with Crippen molar-refractivity contribution >= 4 is 28.4 Å². The lowest BCUT2D eigenvalue weighted by Crippen LogP contribution is -2.22. The zero-order chi connectivity index (χ0) is 22.5. The number of amides is 1. The average molecular weight is 448 g/mol. The number of anilines is 1. The van der Waals surface area contributed by atoms with Gasteiger partial charge in [0.2, 0.25) is 0 Å². The van der Waals surface area contributed by atoms with Crippen LogP contribution in [-0.4, -0.2) is 23.8 Å². The summed E-state index contributed by atoms with van der Waals surface area (Å²) < 4.78 is 5.62. The van der Waals surface area contributed by atoms with Gasteiger partial charge in [0.1, 0.15) is 11.6 Å². The average Bonchev–Trinajstić information content (AvgIpc) is 3.26. The molecule has 0 saturated heterocycles. The maximum absolute atomic E-state index is 12.7. The molecule has 0 bridgehead atoms. The van der Waals surface area contributed by atoms with Gasteiger partial charge in [-0.3, -0.25) is 5.32 Å². The molecule has 32 heavy (non-hydrogen) atoms. The number of aromatic carboxylic acids is 1. The van der Waals surface area contributed by atoms with Crippen LogP contribution in [0.5, 0.6) is 0 Å². The second kappa shape index (κ2) is 7.78. The van der Waals surface area contributed by atoms with Crippen molar-refractivity contribution in [1.29, 1.82) is 0 Å². The molecule has 5 rings (SSSR count). The molecule has 0 atom stereocenters. The maximum Gasteiger partial charge on any atom is 0.412 e. The van der Waals surface area contributed by atoms with Gasteiger partial charge in [-0.1, -0.05) is 62.4 Å². The minimum Gasteiger partial charge on any atom is -0.478 e. The van der Waals surface area contributed by atoms with Crippen LogP contribution < -0.4 is 5.32 Å². The number of ether oxygens (including phenoxy) is 1. The van der Waals surface area contributed by atoms with Crippen LogP contribution >= 0.6 is 11.3 Å². The van der Waals surface area contributed by atoms with Gasteiger partial charge in [0, 0.05) is 10.8 Å². The van der Waals surface area contributed by atoms with Crippen molar-refractivity contribution in [3.63, 3.8) is 0 Å². The zero-order valence-electron chi connectivity index (χ0n) is 18.1. The standard InChI is InChI=1S/C26H25NO4S/c1-26(2)12-11-19-21(13-26)32-23(22(19)24(28)29)27-25(30)31-14-20-17-9-5-3-7-15(17)16-8-4-6-10-18(16)20/h3-10,20H,11-14H2,1-2H3,(H,27,30)(H,28,29). The van der Waals surface area contributed by atoms with Crippen LogP contribution in [0.25, 0.3) is 11.1 Å². The van der Waals surface area contributed by atoms with E-state index in [1.807, 2.05) is 24.3 Å². The molecule has 1 heterocycles. The second-order valence-corrected chi connectivity index (χ2v) is 10.4. The van der Waals surface area contributed by atoms with Crippen molar-refractivity contribution in [3.05, 3.63) is 75.7 Å². The number of nitrogens with one attached hydrogen (secondary N) is 1. The van der Waals surface area contributed by atoms with E-state index in [-0.39, 0.29) is 23.5 Å². The summed E-state index contributed by atoms with van der Waals surface area (Å²) >= 11 is 1.36. The van der Waals surface area contributed by atoms with Gasteiger partial charge < -0.3 is 9.84 Å². The van der Waals surface area contributed by atoms with Gasteiger partial charge in [-0.15, -0.1) is 11.3 Å². The van der Waals surface area contributed by atoms with Crippen molar-refractivity contribution in [3.8, 4) is 11.1 Å². The van der Waals surface area contributed by atoms with Crippen LogP contribution in [0.4, 0.5) is 9.80 Å². The first-order chi connectivity index (χ1) is 15.3. The van der Waals surface area contributed by atoms with Crippen LogP contribution in [0.1, 0.15) is 58.1 Å². The molecule has 2 aliphatic carbocycles. The van der Waals surface area contributed by atoms with Crippen LogP contribution in [0.3, 0.4) is 0 Å². The Morgan fingerprint density at radius 2 is 1.72 bits per heavy atom. The second-order valence-electron chi connectivity index (χ2n) is 9.30. The molecule has 0 radical (unpaired) electrons. The summed E-state index contributed by atoms with van der Waals surface area (Å²) in [5, 5.41) is 12.9. The lowest BCUT2D eigenvalue weighted by Gasteiger charge is -2.29. The number of carboxylic acid groups (broad SMARTS) is 1. The fraction of sp³-hybridized carbons (Fsp3) is 0.308. The van der Waals surface area contributed by atoms with Crippen LogP contribution in [0.15, 0.2) is 48.5 Å². The fourth-order valence-electron chi connectivity index (χ4n) is 4.95. The van der Waals surface area contributed by atoms with E-state index < -0.39 is 12.1 Å². The van der Waals surface area contributed by atoms with E-state index in [1.165, 1.54) is 22.5 Å². The lowest BCUT2D eigenvalue weighted by atomic mass is 9.77. The Kier molecular flexibility index (Phi) is 5.05. The van der Waals surface area contributed by atoms with E-state index in [9.17, 15) is 14.7 Å². The highest BCUT2D eigenvalue weighted by molar-refractivity contribution is 7.17. The third kappa shape index (κ3) is 3.58. The summed E-state index contributed by atoms with van der Waals surface area (Å²) in [5.74, 6) is -1.04. The molecule has 5 nitrogen and oxygen atoms in total. The molecular formula is C26H25NO4S. The third-order valence-electron chi connectivity index (χ3n) is 6.55. The minimum atomic E-state index is -1.00. The summed E-state index contributed by atoms with van der Waals surface area (Å²) in [6, 6.07) is 16.3. The molecule has 2 aromatic carbocycles. The highest BCUT2D eigenvalue weighted by atomic mass is 32.1. The molecular weight excluding hydrogens is 422 g/mol. The highest BCUT2D eigenvalue weighted by Crippen LogP contribution is 2.45. The summed E-state index contributed by atoms with van der Waals surface area (Å²) in [6.45, 7) is 4.57. The van der Waals surface area contributed by atoms with Crippen molar-refractivity contribution < 1.29 is 19.4 Å². The van der Waals surface area contributed by atoms with Crippen molar-refractivity contribution in [2.75, 3.05) is 11.9 Å². The van der Waals surface area contributed by atoms with E-state index >= 15 is 0 Å². The first-order valence-corrected chi connectivity index (χ1v) is 11.7. The highest BCUT2D eigenvalue weighted by Gasteiger charge is 2.33. The molecule has 3 aromatic rings. The normalized spacial score (nSPS) is 16.1. The first kappa shape index (κ1) is 20.8. The van der Waals surface area contributed by atoms with Crippen LogP contribution in [0.2, 0.25) is 0 Å². The van der Waals surface area contributed by atoms with Gasteiger partial charge in [-0.25, -0.2) is 9.59 Å². The Bertz CT molecular complexity index is 1180. The number of carbonyl (C=O) groups excluding carboxylic acids is 1. The lowest BCUT2D eigenvalue weighted by molar-refractivity contribution is 0.0696. The van der Waals surface area contributed by atoms with Crippen molar-refractivity contribution in [2.24, 2.45) is 5.41 Å². The summed E-state index contributed by atoms with van der Waals surface area (Å²) in [6.07, 6.45) is 1.85.